The van der Waals surface area contributed by atoms with E-state index in [1.165, 1.54) is 12.1 Å². The fourth-order valence-corrected chi connectivity index (χ4v) is 1.99. The van der Waals surface area contributed by atoms with Crippen molar-refractivity contribution in [3.63, 3.8) is 0 Å². The van der Waals surface area contributed by atoms with E-state index in [-0.39, 0.29) is 11.5 Å². The molecule has 0 atom stereocenters. The second-order valence-electron chi connectivity index (χ2n) is 3.83. The molecular formula is C14H9O2-. The Labute approximate surface area is 92.4 Å². The van der Waals surface area contributed by atoms with Gasteiger partial charge in [-0.05, 0) is 34.4 Å². The Kier molecular flexibility index (Phi) is 1.77. The predicted octanol–water partition coefficient (Wildman–Crippen LogP) is 2.77. The van der Waals surface area contributed by atoms with Gasteiger partial charge in [0.05, 0.1) is 0 Å². The Morgan fingerprint density at radius 1 is 0.812 bits per heavy atom. The summed E-state index contributed by atoms with van der Waals surface area (Å²) < 4.78 is 0. The van der Waals surface area contributed by atoms with Crippen LogP contribution in [-0.2, 0) is 0 Å². The Bertz CT molecular complexity index is 627. The number of fused-ring (bicyclic) bond motifs is 2. The lowest BCUT2D eigenvalue weighted by atomic mass is 10.0. The fraction of sp³-hybridized carbons (Fsp3) is 0. The molecule has 1 N–H and O–H groups in total. The molecule has 2 heteroatoms. The van der Waals surface area contributed by atoms with Crippen LogP contribution in [0.25, 0.3) is 21.5 Å². The van der Waals surface area contributed by atoms with Crippen LogP contribution in [0.4, 0.5) is 0 Å². The lowest BCUT2D eigenvalue weighted by molar-refractivity contribution is -0.265. The van der Waals surface area contributed by atoms with Crippen molar-refractivity contribution in [3.05, 3.63) is 48.5 Å². The van der Waals surface area contributed by atoms with Gasteiger partial charge in [0.2, 0.25) is 0 Å². The van der Waals surface area contributed by atoms with E-state index in [9.17, 15) is 10.2 Å². The molecule has 0 aromatic heterocycles. The number of phenols is 1. The van der Waals surface area contributed by atoms with Crippen molar-refractivity contribution in [2.24, 2.45) is 0 Å². The number of benzene rings is 3. The third kappa shape index (κ3) is 1.20. The molecule has 0 amide bonds. The molecule has 0 saturated carbocycles. The fourth-order valence-electron chi connectivity index (χ4n) is 1.99. The van der Waals surface area contributed by atoms with Crippen LogP contribution in [-0.4, -0.2) is 5.11 Å². The molecule has 16 heavy (non-hydrogen) atoms. The van der Waals surface area contributed by atoms with Gasteiger partial charge in [-0.25, -0.2) is 0 Å². The second kappa shape index (κ2) is 3.14. The Morgan fingerprint density at radius 2 is 1.44 bits per heavy atom. The number of rotatable bonds is 0. The van der Waals surface area contributed by atoms with Crippen LogP contribution in [0.5, 0.6) is 11.5 Å². The topological polar surface area (TPSA) is 43.3 Å². The first-order valence-electron chi connectivity index (χ1n) is 5.07. The van der Waals surface area contributed by atoms with E-state index in [0.717, 1.165) is 10.8 Å². The standard InChI is InChI=1S/C14H10O2/c15-13-5-6-14(16)12-8-10-4-2-1-3-9(10)7-11(12)13/h1-8,15-16H/p-1. The van der Waals surface area contributed by atoms with Crippen molar-refractivity contribution >= 4 is 21.5 Å². The zero-order valence-corrected chi connectivity index (χ0v) is 8.47. The Hall–Kier alpha value is -2.22. The molecule has 78 valence electrons. The lowest BCUT2D eigenvalue weighted by Gasteiger charge is -2.12. The van der Waals surface area contributed by atoms with E-state index < -0.39 is 0 Å². The molecule has 3 aromatic carbocycles. The quantitative estimate of drug-likeness (QED) is 0.578. The van der Waals surface area contributed by atoms with Crippen LogP contribution >= 0.6 is 0 Å². The average molecular weight is 209 g/mol. The SMILES string of the molecule is [O-]c1ccc(O)c2cc3ccccc3cc12. The van der Waals surface area contributed by atoms with Gasteiger partial charge in [0.1, 0.15) is 5.75 Å². The molecule has 0 saturated heterocycles. The van der Waals surface area contributed by atoms with Crippen molar-refractivity contribution in [3.8, 4) is 11.5 Å². The highest BCUT2D eigenvalue weighted by Crippen LogP contribution is 2.33. The van der Waals surface area contributed by atoms with Gasteiger partial charge in [-0.3, -0.25) is 0 Å². The highest BCUT2D eigenvalue weighted by atomic mass is 16.3. The van der Waals surface area contributed by atoms with Gasteiger partial charge >= 0.3 is 0 Å². The molecule has 0 aliphatic heterocycles. The van der Waals surface area contributed by atoms with Gasteiger partial charge in [-0.1, -0.05) is 30.3 Å². The van der Waals surface area contributed by atoms with Gasteiger partial charge in [-0.2, -0.15) is 0 Å². The maximum atomic E-state index is 11.7. The summed E-state index contributed by atoms with van der Waals surface area (Å²) >= 11 is 0. The summed E-state index contributed by atoms with van der Waals surface area (Å²) in [5, 5.41) is 24.6. The van der Waals surface area contributed by atoms with Crippen molar-refractivity contribution < 1.29 is 10.2 Å². The molecule has 0 bridgehead atoms. The van der Waals surface area contributed by atoms with Crippen molar-refractivity contribution in [2.45, 2.75) is 0 Å². The predicted molar refractivity (Wildman–Crippen MR) is 62.6 cm³/mol. The summed E-state index contributed by atoms with van der Waals surface area (Å²) in [7, 11) is 0. The molecule has 0 spiro atoms. The minimum Gasteiger partial charge on any atom is -0.872 e. The zero-order chi connectivity index (χ0) is 11.1. The maximum Gasteiger partial charge on any atom is 0.123 e. The smallest absolute Gasteiger partial charge is 0.123 e. The van der Waals surface area contributed by atoms with Gasteiger partial charge in [0.15, 0.2) is 0 Å². The monoisotopic (exact) mass is 209 g/mol. The van der Waals surface area contributed by atoms with Gasteiger partial charge in [0, 0.05) is 5.39 Å². The van der Waals surface area contributed by atoms with E-state index in [1.54, 1.807) is 0 Å². The number of phenolic OH excluding ortho intramolecular Hbond substituents is 1. The van der Waals surface area contributed by atoms with Crippen LogP contribution < -0.4 is 5.11 Å². The summed E-state index contributed by atoms with van der Waals surface area (Å²) in [4.78, 5) is 0. The summed E-state index contributed by atoms with van der Waals surface area (Å²) in [6, 6.07) is 14.3. The number of hydrogen-bond donors (Lipinski definition) is 1. The molecule has 0 unspecified atom stereocenters. The highest BCUT2D eigenvalue weighted by molar-refractivity contribution is 6.03. The molecule has 3 rings (SSSR count). The highest BCUT2D eigenvalue weighted by Gasteiger charge is 2.02. The first-order valence-corrected chi connectivity index (χ1v) is 5.07. The van der Waals surface area contributed by atoms with Crippen molar-refractivity contribution in [1.29, 1.82) is 0 Å². The number of aromatic hydroxyl groups is 1. The lowest BCUT2D eigenvalue weighted by Crippen LogP contribution is -1.90. The molecule has 0 fully saturated rings. The van der Waals surface area contributed by atoms with Crippen molar-refractivity contribution in [2.75, 3.05) is 0 Å². The van der Waals surface area contributed by atoms with Crippen LogP contribution in [0, 0.1) is 0 Å². The van der Waals surface area contributed by atoms with E-state index >= 15 is 0 Å². The van der Waals surface area contributed by atoms with E-state index in [4.69, 9.17) is 0 Å². The molecule has 0 radical (unpaired) electrons. The minimum atomic E-state index is -0.0569. The van der Waals surface area contributed by atoms with E-state index in [1.807, 2.05) is 36.4 Å². The first kappa shape index (κ1) is 9.04. The van der Waals surface area contributed by atoms with E-state index in [0.29, 0.717) is 10.8 Å². The normalized spacial score (nSPS) is 11.0. The Balaban J connectivity index is 2.56. The molecule has 3 aromatic rings. The van der Waals surface area contributed by atoms with Gasteiger partial charge in [0.25, 0.3) is 0 Å². The summed E-state index contributed by atoms with van der Waals surface area (Å²) in [6.07, 6.45) is 0. The largest absolute Gasteiger partial charge is 0.872 e. The van der Waals surface area contributed by atoms with Gasteiger partial charge < -0.3 is 10.2 Å². The van der Waals surface area contributed by atoms with Crippen LogP contribution in [0.15, 0.2) is 48.5 Å². The van der Waals surface area contributed by atoms with Gasteiger partial charge in [-0.15, -0.1) is 5.75 Å². The minimum absolute atomic E-state index is 0.0569. The summed E-state index contributed by atoms with van der Waals surface area (Å²) in [5.74, 6) is 0.0962. The zero-order valence-electron chi connectivity index (χ0n) is 8.47. The molecular weight excluding hydrogens is 200 g/mol. The third-order valence-corrected chi connectivity index (χ3v) is 2.82. The maximum absolute atomic E-state index is 11.7. The summed E-state index contributed by atoms with van der Waals surface area (Å²) in [5.41, 5.74) is 0. The van der Waals surface area contributed by atoms with Crippen molar-refractivity contribution in [1.82, 2.24) is 0 Å². The Morgan fingerprint density at radius 3 is 2.12 bits per heavy atom. The van der Waals surface area contributed by atoms with Crippen LogP contribution in [0.1, 0.15) is 0 Å². The number of hydrogen-bond acceptors (Lipinski definition) is 2. The second-order valence-corrected chi connectivity index (χ2v) is 3.83. The molecule has 0 aliphatic rings. The molecule has 0 heterocycles. The average Bonchev–Trinajstić information content (AvgIpc) is 2.32. The summed E-state index contributed by atoms with van der Waals surface area (Å²) in [6.45, 7) is 0. The third-order valence-electron chi connectivity index (χ3n) is 2.82. The molecule has 2 nitrogen and oxygen atoms in total. The molecule has 0 aliphatic carbocycles. The van der Waals surface area contributed by atoms with E-state index in [2.05, 4.69) is 0 Å². The first-order chi connectivity index (χ1) is 7.75. The van der Waals surface area contributed by atoms with Crippen LogP contribution in [0.2, 0.25) is 0 Å². The van der Waals surface area contributed by atoms with Crippen LogP contribution in [0.3, 0.4) is 0 Å².